The van der Waals surface area contributed by atoms with E-state index in [0.717, 1.165) is 19.2 Å². The predicted octanol–water partition coefficient (Wildman–Crippen LogP) is 4.17. The van der Waals surface area contributed by atoms with Crippen LogP contribution in [-0.2, 0) is 9.47 Å². The molecule has 1 aromatic carbocycles. The molecule has 2 aliphatic heterocycles. The lowest BCUT2D eigenvalue weighted by Crippen LogP contribution is -2.59. The molecule has 2 aromatic heterocycles. The van der Waals surface area contributed by atoms with E-state index in [4.69, 9.17) is 18.6 Å². The third-order valence-corrected chi connectivity index (χ3v) is 6.96. The maximum Gasteiger partial charge on any atom is 0.410 e. The third kappa shape index (κ3) is 4.80. The number of piperidine rings is 1. The summed E-state index contributed by atoms with van der Waals surface area (Å²) in [6.45, 7) is 3.39. The summed E-state index contributed by atoms with van der Waals surface area (Å²) in [6.07, 6.45) is 4.98. The van der Waals surface area contributed by atoms with E-state index in [-0.39, 0.29) is 46.8 Å². The molecule has 3 aliphatic rings. The smallest absolute Gasteiger partial charge is 0.410 e. The van der Waals surface area contributed by atoms with E-state index in [9.17, 15) is 9.18 Å². The van der Waals surface area contributed by atoms with E-state index >= 15 is 4.39 Å². The molecule has 4 heterocycles. The number of hydrogen-bond acceptors (Lipinski definition) is 9. The number of nitrogens with one attached hydrogen (secondary N) is 1. The number of benzene rings is 1. The number of carbonyl (C=O) groups is 1. The first-order chi connectivity index (χ1) is 17.9. The summed E-state index contributed by atoms with van der Waals surface area (Å²) < 4.78 is 52.6. The van der Waals surface area contributed by atoms with Gasteiger partial charge in [0.2, 0.25) is 11.7 Å². The van der Waals surface area contributed by atoms with Crippen LogP contribution in [0.5, 0.6) is 5.88 Å². The molecule has 3 fully saturated rings. The first-order valence-electron chi connectivity index (χ1n) is 12.1. The highest BCUT2D eigenvalue weighted by molar-refractivity contribution is 5.69. The fraction of sp³-hybridized carbons (Fsp3) is 0.440. The molecule has 2 atom stereocenters. The molecule has 2 bridgehead atoms. The van der Waals surface area contributed by atoms with Crippen LogP contribution >= 0.6 is 0 Å². The number of rotatable bonds is 6. The number of amides is 1. The maximum atomic E-state index is 15.3. The van der Waals surface area contributed by atoms with Crippen LogP contribution in [0, 0.1) is 23.5 Å². The summed E-state index contributed by atoms with van der Waals surface area (Å²) in [5.41, 5.74) is 0.0923. The Labute approximate surface area is 211 Å². The van der Waals surface area contributed by atoms with Gasteiger partial charge in [-0.05, 0) is 38.0 Å². The molecular formula is C25H25F2N5O5. The van der Waals surface area contributed by atoms with Crippen LogP contribution < -0.4 is 10.1 Å². The topological polar surface area (TPSA) is 112 Å². The normalized spacial score (nSPS) is 23.9. The number of carbonyl (C=O) groups excluding carboxylic acids is 1. The quantitative estimate of drug-likeness (QED) is 0.519. The molecule has 37 heavy (non-hydrogen) atoms. The predicted molar refractivity (Wildman–Crippen MR) is 125 cm³/mol. The fourth-order valence-corrected chi connectivity index (χ4v) is 4.69. The molecule has 1 N–H and O–H groups in total. The number of halogens is 2. The van der Waals surface area contributed by atoms with E-state index < -0.39 is 17.7 Å². The molecule has 2 saturated heterocycles. The molecule has 10 nitrogen and oxygen atoms in total. The van der Waals surface area contributed by atoms with Gasteiger partial charge < -0.3 is 28.8 Å². The second-order valence-corrected chi connectivity index (χ2v) is 9.86. The Kier molecular flexibility index (Phi) is 5.90. The van der Waals surface area contributed by atoms with E-state index in [1.807, 2.05) is 6.92 Å². The number of ether oxygens (including phenoxy) is 3. The van der Waals surface area contributed by atoms with E-state index in [2.05, 4.69) is 20.3 Å². The van der Waals surface area contributed by atoms with Gasteiger partial charge in [-0.3, -0.25) is 0 Å². The zero-order chi connectivity index (χ0) is 25.6. The molecule has 1 aliphatic carbocycles. The molecule has 0 spiro atoms. The van der Waals surface area contributed by atoms with Crippen LogP contribution in [0.4, 0.5) is 25.1 Å². The summed E-state index contributed by atoms with van der Waals surface area (Å²) in [7, 11) is 0. The van der Waals surface area contributed by atoms with Gasteiger partial charge in [0, 0.05) is 30.5 Å². The number of nitrogens with zero attached hydrogens (tertiary/aromatic N) is 4. The zero-order valence-corrected chi connectivity index (χ0v) is 20.0. The first kappa shape index (κ1) is 23.6. The monoisotopic (exact) mass is 513 g/mol. The average Bonchev–Trinajstić information content (AvgIpc) is 3.35. The summed E-state index contributed by atoms with van der Waals surface area (Å²) in [4.78, 5) is 26.2. The Morgan fingerprint density at radius 2 is 1.95 bits per heavy atom. The fourth-order valence-electron chi connectivity index (χ4n) is 4.69. The number of anilines is 2. The highest BCUT2D eigenvalue weighted by atomic mass is 19.1. The molecule has 6 rings (SSSR count). The van der Waals surface area contributed by atoms with Gasteiger partial charge in [-0.25, -0.2) is 19.2 Å². The number of aromatic nitrogens is 3. The van der Waals surface area contributed by atoms with Gasteiger partial charge >= 0.3 is 6.09 Å². The van der Waals surface area contributed by atoms with E-state index in [1.165, 1.54) is 24.6 Å². The van der Waals surface area contributed by atoms with Crippen molar-refractivity contribution in [1.82, 2.24) is 19.9 Å². The Balaban J connectivity index is 1.16. The Morgan fingerprint density at radius 1 is 1.16 bits per heavy atom. The van der Waals surface area contributed by atoms with Gasteiger partial charge in [0.05, 0.1) is 25.1 Å². The molecule has 1 saturated carbocycles. The molecule has 0 radical (unpaired) electrons. The van der Waals surface area contributed by atoms with Gasteiger partial charge in [0.15, 0.2) is 5.82 Å². The van der Waals surface area contributed by atoms with Crippen LogP contribution in [0.2, 0.25) is 0 Å². The summed E-state index contributed by atoms with van der Waals surface area (Å²) >= 11 is 0. The molecule has 1 amide bonds. The van der Waals surface area contributed by atoms with Crippen LogP contribution in [-0.4, -0.2) is 64.0 Å². The van der Waals surface area contributed by atoms with Gasteiger partial charge in [-0.2, -0.15) is 9.37 Å². The maximum absolute atomic E-state index is 15.3. The van der Waals surface area contributed by atoms with Crippen LogP contribution in [0.25, 0.3) is 11.5 Å². The second kappa shape index (κ2) is 9.25. The Morgan fingerprint density at radius 3 is 2.62 bits per heavy atom. The van der Waals surface area contributed by atoms with Gasteiger partial charge in [0.25, 0.3) is 5.88 Å². The highest BCUT2D eigenvalue weighted by Gasteiger charge is 2.47. The van der Waals surface area contributed by atoms with Gasteiger partial charge in [-0.15, -0.1) is 0 Å². The standard InChI is InChI=1S/C25H25F2N5O5/c1-25(4-5-25)37-24(33)32-9-15-11-34-12-16(10-32)20(15)36-23-19(27)21(29-13-30-23)31-18-3-2-14(8-17(18)26)22-28-6-7-35-22/h2-3,6-8,13,15-16,20H,4-5,9-12H2,1H3,(H,29,30,31). The zero-order valence-electron chi connectivity index (χ0n) is 20.0. The van der Waals surface area contributed by atoms with Crippen molar-refractivity contribution in [3.63, 3.8) is 0 Å². The van der Waals surface area contributed by atoms with Crippen molar-refractivity contribution in [2.45, 2.75) is 31.5 Å². The lowest BCUT2D eigenvalue weighted by Gasteiger charge is -2.46. The molecular weight excluding hydrogens is 488 g/mol. The number of oxazole rings is 1. The van der Waals surface area contributed by atoms with Crippen molar-refractivity contribution >= 4 is 17.6 Å². The van der Waals surface area contributed by atoms with Crippen molar-refractivity contribution in [3.05, 3.63) is 48.6 Å². The first-order valence-corrected chi connectivity index (χ1v) is 12.1. The lowest BCUT2D eigenvalue weighted by molar-refractivity contribution is -0.112. The summed E-state index contributed by atoms with van der Waals surface area (Å²) in [5.74, 6) is -2.06. The minimum absolute atomic E-state index is 0.0142. The number of hydrogen-bond donors (Lipinski definition) is 1. The molecule has 3 aromatic rings. The third-order valence-electron chi connectivity index (χ3n) is 6.96. The number of likely N-dealkylation sites (tertiary alicyclic amines) is 1. The van der Waals surface area contributed by atoms with Crippen molar-refractivity contribution in [2.24, 2.45) is 11.8 Å². The van der Waals surface area contributed by atoms with E-state index in [0.29, 0.717) is 31.9 Å². The SMILES string of the molecule is CC1(OC(=O)N2CC3COCC(C2)C3Oc2ncnc(Nc3ccc(-c4ncco4)cc3F)c2F)CC1. The largest absolute Gasteiger partial charge is 0.471 e. The van der Waals surface area contributed by atoms with Crippen LogP contribution in [0.15, 0.2) is 41.4 Å². The Hall–Kier alpha value is -3.80. The van der Waals surface area contributed by atoms with Gasteiger partial charge in [-0.1, -0.05) is 0 Å². The minimum Gasteiger partial charge on any atom is -0.471 e. The molecule has 194 valence electrons. The van der Waals surface area contributed by atoms with Crippen molar-refractivity contribution < 1.29 is 32.2 Å². The van der Waals surface area contributed by atoms with E-state index in [1.54, 1.807) is 11.0 Å². The lowest BCUT2D eigenvalue weighted by atomic mass is 9.84. The average molecular weight is 514 g/mol. The highest BCUT2D eigenvalue weighted by Crippen LogP contribution is 2.40. The van der Waals surface area contributed by atoms with Crippen LogP contribution in [0.3, 0.4) is 0 Å². The van der Waals surface area contributed by atoms with Crippen molar-refractivity contribution in [1.29, 1.82) is 0 Å². The van der Waals surface area contributed by atoms with Crippen LogP contribution in [0.1, 0.15) is 19.8 Å². The molecule has 12 heteroatoms. The Bertz CT molecular complexity index is 1290. The van der Waals surface area contributed by atoms with Crippen molar-refractivity contribution in [3.8, 4) is 17.3 Å². The minimum atomic E-state index is -0.846. The molecule has 2 unspecified atom stereocenters. The summed E-state index contributed by atoms with van der Waals surface area (Å²) in [5, 5.41) is 2.66. The number of fused-ring (bicyclic) bond motifs is 2. The van der Waals surface area contributed by atoms with Gasteiger partial charge in [0.1, 0.15) is 30.1 Å². The second-order valence-electron chi connectivity index (χ2n) is 9.86. The van der Waals surface area contributed by atoms with Crippen molar-refractivity contribution in [2.75, 3.05) is 31.6 Å². The summed E-state index contributed by atoms with van der Waals surface area (Å²) in [6, 6.07) is 4.27.